The van der Waals surface area contributed by atoms with E-state index in [-0.39, 0.29) is 5.91 Å². The predicted molar refractivity (Wildman–Crippen MR) is 101 cm³/mol. The molecule has 1 amide bonds. The molecule has 3 aromatic rings. The second kappa shape index (κ2) is 7.68. The minimum absolute atomic E-state index is 0.176. The van der Waals surface area contributed by atoms with Crippen LogP contribution in [0.3, 0.4) is 0 Å². The topological polar surface area (TPSA) is 51.2 Å². The lowest BCUT2D eigenvalue weighted by Gasteiger charge is -2.08. The highest BCUT2D eigenvalue weighted by molar-refractivity contribution is 7.15. The Balaban J connectivity index is 1.76. The molecule has 1 N–H and O–H groups in total. The first kappa shape index (κ1) is 17.5. The molecule has 0 radical (unpaired) electrons. The summed E-state index contributed by atoms with van der Waals surface area (Å²) in [5.41, 5.74) is 2.30. The van der Waals surface area contributed by atoms with Gasteiger partial charge in [0.1, 0.15) is 10.8 Å². The lowest BCUT2D eigenvalue weighted by atomic mass is 10.2. The summed E-state index contributed by atoms with van der Waals surface area (Å²) in [6.07, 6.45) is 0. The summed E-state index contributed by atoms with van der Waals surface area (Å²) in [6.45, 7) is 2.34. The van der Waals surface area contributed by atoms with Gasteiger partial charge in [-0.3, -0.25) is 4.79 Å². The summed E-state index contributed by atoms with van der Waals surface area (Å²) in [7, 11) is 1.55. The quantitative estimate of drug-likeness (QED) is 0.705. The van der Waals surface area contributed by atoms with Crippen molar-refractivity contribution < 1.29 is 9.53 Å². The van der Waals surface area contributed by atoms with Gasteiger partial charge in [-0.05, 0) is 25.1 Å². The number of rotatable bonds is 5. The molecular formula is C19H17ClN2O2S. The van der Waals surface area contributed by atoms with Gasteiger partial charge < -0.3 is 10.1 Å². The van der Waals surface area contributed by atoms with Crippen LogP contribution in [0, 0.1) is 6.92 Å². The zero-order valence-corrected chi connectivity index (χ0v) is 15.4. The first-order chi connectivity index (χ1) is 12.1. The molecule has 1 aromatic heterocycles. The fourth-order valence-electron chi connectivity index (χ4n) is 2.43. The minimum Gasteiger partial charge on any atom is -0.496 e. The van der Waals surface area contributed by atoms with Crippen LogP contribution in [0.25, 0.3) is 10.6 Å². The van der Waals surface area contributed by atoms with E-state index < -0.39 is 0 Å². The molecule has 128 valence electrons. The van der Waals surface area contributed by atoms with Gasteiger partial charge in [-0.2, -0.15) is 0 Å². The van der Waals surface area contributed by atoms with E-state index in [4.69, 9.17) is 16.3 Å². The van der Waals surface area contributed by atoms with Crippen molar-refractivity contribution in [1.29, 1.82) is 0 Å². The van der Waals surface area contributed by atoms with Crippen LogP contribution in [0.5, 0.6) is 5.75 Å². The molecule has 0 saturated carbocycles. The molecule has 1 heterocycles. The van der Waals surface area contributed by atoms with Crippen LogP contribution in [-0.4, -0.2) is 18.0 Å². The number of halogens is 1. The number of hydrogen-bond acceptors (Lipinski definition) is 4. The van der Waals surface area contributed by atoms with E-state index in [0.29, 0.717) is 22.9 Å². The zero-order chi connectivity index (χ0) is 17.8. The number of benzene rings is 2. The van der Waals surface area contributed by atoms with E-state index in [1.165, 1.54) is 11.3 Å². The number of aryl methyl sites for hydroxylation is 1. The number of methoxy groups -OCH3 is 1. The molecule has 4 nitrogen and oxygen atoms in total. The van der Waals surface area contributed by atoms with Crippen molar-refractivity contribution in [2.75, 3.05) is 7.11 Å². The van der Waals surface area contributed by atoms with Gasteiger partial charge in [-0.1, -0.05) is 41.9 Å². The highest BCUT2D eigenvalue weighted by atomic mass is 35.5. The smallest absolute Gasteiger partial charge is 0.255 e. The Morgan fingerprint density at radius 3 is 2.68 bits per heavy atom. The van der Waals surface area contributed by atoms with Crippen LogP contribution in [0.1, 0.15) is 20.9 Å². The maximum absolute atomic E-state index is 12.4. The lowest BCUT2D eigenvalue weighted by Crippen LogP contribution is -2.23. The van der Waals surface area contributed by atoms with Crippen molar-refractivity contribution in [3.63, 3.8) is 0 Å². The number of ether oxygens (including phenoxy) is 1. The van der Waals surface area contributed by atoms with Crippen LogP contribution in [0.15, 0.2) is 48.5 Å². The Kier molecular flexibility index (Phi) is 5.36. The number of nitrogens with zero attached hydrogens (tertiary/aromatic N) is 1. The molecule has 0 aliphatic rings. The van der Waals surface area contributed by atoms with Gasteiger partial charge in [0.15, 0.2) is 0 Å². The van der Waals surface area contributed by atoms with Crippen LogP contribution in [-0.2, 0) is 6.54 Å². The molecule has 0 bridgehead atoms. The van der Waals surface area contributed by atoms with Crippen molar-refractivity contribution in [1.82, 2.24) is 10.3 Å². The number of carbonyl (C=O) groups is 1. The zero-order valence-electron chi connectivity index (χ0n) is 13.9. The van der Waals surface area contributed by atoms with Crippen molar-refractivity contribution in [2.45, 2.75) is 13.5 Å². The first-order valence-corrected chi connectivity index (χ1v) is 8.92. The summed E-state index contributed by atoms with van der Waals surface area (Å²) in [6, 6.07) is 14.8. The van der Waals surface area contributed by atoms with Gasteiger partial charge in [-0.15, -0.1) is 11.3 Å². The fraction of sp³-hybridized carbons (Fsp3) is 0.158. The lowest BCUT2D eigenvalue weighted by molar-refractivity contribution is 0.0948. The van der Waals surface area contributed by atoms with Gasteiger partial charge in [-0.25, -0.2) is 4.98 Å². The molecule has 6 heteroatoms. The molecule has 0 aliphatic heterocycles. The highest BCUT2D eigenvalue weighted by Gasteiger charge is 2.15. The molecule has 0 spiro atoms. The van der Waals surface area contributed by atoms with Crippen molar-refractivity contribution in [3.8, 4) is 16.3 Å². The third kappa shape index (κ3) is 3.83. The summed E-state index contributed by atoms with van der Waals surface area (Å²) >= 11 is 7.78. The SMILES string of the molecule is COc1ccccc1C(=O)NCc1sc(-c2ccccc2Cl)nc1C. The van der Waals surface area contributed by atoms with E-state index >= 15 is 0 Å². The molecule has 2 aromatic carbocycles. The largest absolute Gasteiger partial charge is 0.496 e. The van der Waals surface area contributed by atoms with Gasteiger partial charge in [0.05, 0.1) is 29.9 Å². The Hall–Kier alpha value is -2.37. The molecule has 0 unspecified atom stereocenters. The number of carbonyl (C=O) groups excluding carboxylic acids is 1. The highest BCUT2D eigenvalue weighted by Crippen LogP contribution is 2.32. The van der Waals surface area contributed by atoms with E-state index in [1.807, 2.05) is 43.3 Å². The van der Waals surface area contributed by atoms with Crippen LogP contribution >= 0.6 is 22.9 Å². The number of para-hydroxylation sites is 1. The maximum atomic E-state index is 12.4. The Labute approximate surface area is 155 Å². The standard InChI is InChI=1S/C19H17ClN2O2S/c1-12-17(25-19(22-12)13-7-3-5-9-15(13)20)11-21-18(23)14-8-4-6-10-16(14)24-2/h3-10H,11H2,1-2H3,(H,21,23). The molecule has 0 saturated heterocycles. The fourth-order valence-corrected chi connectivity index (χ4v) is 3.75. The molecule has 0 atom stereocenters. The predicted octanol–water partition coefficient (Wildman–Crippen LogP) is 4.71. The Morgan fingerprint density at radius 2 is 1.92 bits per heavy atom. The van der Waals surface area contributed by atoms with E-state index in [2.05, 4.69) is 10.3 Å². The monoisotopic (exact) mass is 372 g/mol. The summed E-state index contributed by atoms with van der Waals surface area (Å²) in [5.74, 6) is 0.377. The Bertz CT molecular complexity index is 908. The average molecular weight is 373 g/mol. The van der Waals surface area contributed by atoms with Gasteiger partial charge >= 0.3 is 0 Å². The number of thiazole rings is 1. The maximum Gasteiger partial charge on any atom is 0.255 e. The Morgan fingerprint density at radius 1 is 1.20 bits per heavy atom. The summed E-state index contributed by atoms with van der Waals surface area (Å²) in [4.78, 5) is 18.0. The third-order valence-corrected chi connectivity index (χ3v) is 5.28. The molecular weight excluding hydrogens is 356 g/mol. The molecule has 25 heavy (non-hydrogen) atoms. The van der Waals surface area contributed by atoms with E-state index in [1.54, 1.807) is 19.2 Å². The van der Waals surface area contributed by atoms with Gasteiger partial charge in [0.2, 0.25) is 0 Å². The number of aromatic nitrogens is 1. The van der Waals surface area contributed by atoms with Gasteiger partial charge in [0.25, 0.3) is 5.91 Å². The van der Waals surface area contributed by atoms with E-state index in [9.17, 15) is 4.79 Å². The van der Waals surface area contributed by atoms with Crippen LogP contribution in [0.4, 0.5) is 0 Å². The number of nitrogens with one attached hydrogen (secondary N) is 1. The minimum atomic E-state index is -0.176. The van der Waals surface area contributed by atoms with Crippen LogP contribution in [0.2, 0.25) is 5.02 Å². The first-order valence-electron chi connectivity index (χ1n) is 7.72. The second-order valence-corrected chi connectivity index (χ2v) is 6.88. The van der Waals surface area contributed by atoms with Crippen LogP contribution < -0.4 is 10.1 Å². The molecule has 0 aliphatic carbocycles. The normalized spacial score (nSPS) is 10.5. The second-order valence-electron chi connectivity index (χ2n) is 5.39. The van der Waals surface area contributed by atoms with Crippen molar-refractivity contribution in [2.24, 2.45) is 0 Å². The third-order valence-electron chi connectivity index (χ3n) is 3.76. The summed E-state index contributed by atoms with van der Waals surface area (Å²) in [5, 5.41) is 4.45. The average Bonchev–Trinajstić information content (AvgIpc) is 3.00. The number of amides is 1. The molecule has 3 rings (SSSR count). The van der Waals surface area contributed by atoms with Gasteiger partial charge in [0, 0.05) is 10.4 Å². The van der Waals surface area contributed by atoms with Crippen molar-refractivity contribution >= 4 is 28.8 Å². The molecule has 0 fully saturated rings. The van der Waals surface area contributed by atoms with Crippen molar-refractivity contribution in [3.05, 3.63) is 69.7 Å². The number of hydrogen-bond donors (Lipinski definition) is 1. The van der Waals surface area contributed by atoms with E-state index in [0.717, 1.165) is 21.1 Å². The summed E-state index contributed by atoms with van der Waals surface area (Å²) < 4.78 is 5.23.